The van der Waals surface area contributed by atoms with E-state index in [4.69, 9.17) is 22.7 Å². The largest absolute Gasteiger partial charge is 0.389 e. The standard InChI is InChI=1S/C14H20N2OS/c1-10-9-12(3-4-13(10)14(15)18)16(2)11-5-7-17-8-6-11/h3-4,9,11H,5-8H2,1-2H3,(H2,15,18). The number of anilines is 1. The molecule has 4 heteroatoms. The molecule has 0 aliphatic carbocycles. The number of nitrogens with two attached hydrogens (primary N) is 1. The number of aryl methyl sites for hydroxylation is 1. The van der Waals surface area contributed by atoms with Crippen molar-refractivity contribution in [1.29, 1.82) is 0 Å². The van der Waals surface area contributed by atoms with Gasteiger partial charge in [-0.1, -0.05) is 12.2 Å². The van der Waals surface area contributed by atoms with Gasteiger partial charge < -0.3 is 15.4 Å². The second-order valence-electron chi connectivity index (χ2n) is 4.82. The molecule has 1 aromatic rings. The normalized spacial score (nSPS) is 16.6. The van der Waals surface area contributed by atoms with E-state index in [2.05, 4.69) is 31.0 Å². The molecule has 1 aromatic carbocycles. The van der Waals surface area contributed by atoms with Crippen LogP contribution < -0.4 is 10.6 Å². The maximum Gasteiger partial charge on any atom is 0.104 e. The number of hydrogen-bond acceptors (Lipinski definition) is 3. The SMILES string of the molecule is Cc1cc(N(C)C2CCOCC2)ccc1C(N)=S. The maximum absolute atomic E-state index is 5.68. The zero-order chi connectivity index (χ0) is 13.1. The Hall–Kier alpha value is -1.13. The third kappa shape index (κ3) is 2.82. The number of hydrogen-bond donors (Lipinski definition) is 1. The molecule has 3 nitrogen and oxygen atoms in total. The lowest BCUT2D eigenvalue weighted by molar-refractivity contribution is 0.0855. The Morgan fingerprint density at radius 1 is 1.39 bits per heavy atom. The Morgan fingerprint density at radius 2 is 2.06 bits per heavy atom. The molecule has 1 saturated heterocycles. The second kappa shape index (κ2) is 5.67. The van der Waals surface area contributed by atoms with Gasteiger partial charge in [-0.3, -0.25) is 0 Å². The fourth-order valence-corrected chi connectivity index (χ4v) is 2.66. The van der Waals surface area contributed by atoms with Crippen LogP contribution >= 0.6 is 12.2 Å². The van der Waals surface area contributed by atoms with Crippen molar-refractivity contribution in [3.05, 3.63) is 29.3 Å². The Bertz CT molecular complexity index is 441. The molecule has 0 bridgehead atoms. The van der Waals surface area contributed by atoms with E-state index in [0.717, 1.165) is 37.2 Å². The highest BCUT2D eigenvalue weighted by Crippen LogP contribution is 2.23. The van der Waals surface area contributed by atoms with Gasteiger partial charge in [0.05, 0.1) is 0 Å². The lowest BCUT2D eigenvalue weighted by atomic mass is 10.0. The van der Waals surface area contributed by atoms with Crippen molar-refractivity contribution in [1.82, 2.24) is 0 Å². The maximum atomic E-state index is 5.68. The van der Waals surface area contributed by atoms with Crippen LogP contribution in [-0.2, 0) is 4.74 Å². The van der Waals surface area contributed by atoms with E-state index in [9.17, 15) is 0 Å². The first-order valence-electron chi connectivity index (χ1n) is 6.30. The van der Waals surface area contributed by atoms with Crippen LogP contribution in [0, 0.1) is 6.92 Å². The van der Waals surface area contributed by atoms with Crippen molar-refractivity contribution in [2.24, 2.45) is 5.73 Å². The van der Waals surface area contributed by atoms with Crippen LogP contribution in [0.2, 0.25) is 0 Å². The topological polar surface area (TPSA) is 38.5 Å². The molecule has 0 aromatic heterocycles. The van der Waals surface area contributed by atoms with Gasteiger partial charge in [-0.15, -0.1) is 0 Å². The molecule has 98 valence electrons. The van der Waals surface area contributed by atoms with Gasteiger partial charge >= 0.3 is 0 Å². The van der Waals surface area contributed by atoms with E-state index in [1.807, 2.05) is 6.07 Å². The van der Waals surface area contributed by atoms with E-state index >= 15 is 0 Å². The molecular weight excluding hydrogens is 244 g/mol. The summed E-state index contributed by atoms with van der Waals surface area (Å²) in [7, 11) is 2.14. The van der Waals surface area contributed by atoms with Gasteiger partial charge in [0.25, 0.3) is 0 Å². The summed E-state index contributed by atoms with van der Waals surface area (Å²) in [5, 5.41) is 0. The molecular formula is C14H20N2OS. The van der Waals surface area contributed by atoms with Gasteiger partial charge in [0, 0.05) is 37.6 Å². The van der Waals surface area contributed by atoms with E-state index in [1.165, 1.54) is 5.69 Å². The number of nitrogens with zero attached hydrogens (tertiary/aromatic N) is 1. The summed E-state index contributed by atoms with van der Waals surface area (Å²) in [5.74, 6) is 0. The minimum absolute atomic E-state index is 0.466. The Balaban J connectivity index is 2.17. The zero-order valence-corrected chi connectivity index (χ0v) is 11.8. The quantitative estimate of drug-likeness (QED) is 0.850. The number of ether oxygens (including phenoxy) is 1. The second-order valence-corrected chi connectivity index (χ2v) is 5.26. The highest BCUT2D eigenvalue weighted by molar-refractivity contribution is 7.80. The Kier molecular flexibility index (Phi) is 4.19. The van der Waals surface area contributed by atoms with Crippen LogP contribution in [0.15, 0.2) is 18.2 Å². The summed E-state index contributed by atoms with van der Waals surface area (Å²) in [5.41, 5.74) is 9.01. The molecule has 0 radical (unpaired) electrons. The van der Waals surface area contributed by atoms with Crippen molar-refractivity contribution in [3.8, 4) is 0 Å². The molecule has 1 aliphatic heterocycles. The summed E-state index contributed by atoms with van der Waals surface area (Å²) in [6, 6.07) is 6.83. The Morgan fingerprint density at radius 3 is 2.61 bits per heavy atom. The summed E-state index contributed by atoms with van der Waals surface area (Å²) in [6.07, 6.45) is 2.18. The van der Waals surface area contributed by atoms with E-state index in [-0.39, 0.29) is 0 Å². The molecule has 0 spiro atoms. The average molecular weight is 264 g/mol. The molecule has 2 N–H and O–H groups in total. The van der Waals surface area contributed by atoms with Crippen LogP contribution in [0.1, 0.15) is 24.0 Å². The van der Waals surface area contributed by atoms with Gasteiger partial charge in [-0.2, -0.15) is 0 Å². The van der Waals surface area contributed by atoms with E-state index in [1.54, 1.807) is 0 Å². The summed E-state index contributed by atoms with van der Waals surface area (Å²) in [4.78, 5) is 2.80. The third-order valence-electron chi connectivity index (χ3n) is 3.62. The minimum atomic E-state index is 0.466. The summed E-state index contributed by atoms with van der Waals surface area (Å²) in [6.45, 7) is 3.77. The molecule has 1 heterocycles. The van der Waals surface area contributed by atoms with Crippen molar-refractivity contribution in [3.63, 3.8) is 0 Å². The van der Waals surface area contributed by atoms with Gasteiger partial charge in [-0.25, -0.2) is 0 Å². The van der Waals surface area contributed by atoms with E-state index < -0.39 is 0 Å². The highest BCUT2D eigenvalue weighted by Gasteiger charge is 2.19. The fourth-order valence-electron chi connectivity index (χ4n) is 2.43. The first-order valence-corrected chi connectivity index (χ1v) is 6.71. The fraction of sp³-hybridized carbons (Fsp3) is 0.500. The zero-order valence-electron chi connectivity index (χ0n) is 11.0. The lowest BCUT2D eigenvalue weighted by Gasteiger charge is -2.33. The molecule has 0 atom stereocenters. The van der Waals surface area contributed by atoms with Crippen LogP contribution in [0.5, 0.6) is 0 Å². The number of thiocarbonyl (C=S) groups is 1. The average Bonchev–Trinajstić information content (AvgIpc) is 2.38. The van der Waals surface area contributed by atoms with Gasteiger partial charge in [0.1, 0.15) is 4.99 Å². The molecule has 18 heavy (non-hydrogen) atoms. The molecule has 0 unspecified atom stereocenters. The Labute approximate surface area is 114 Å². The van der Waals surface area contributed by atoms with Crippen molar-refractivity contribution >= 4 is 22.9 Å². The van der Waals surface area contributed by atoms with E-state index in [0.29, 0.717) is 11.0 Å². The smallest absolute Gasteiger partial charge is 0.104 e. The first-order chi connectivity index (χ1) is 8.59. The molecule has 1 fully saturated rings. The molecule has 0 saturated carbocycles. The van der Waals surface area contributed by atoms with Crippen LogP contribution in [0.25, 0.3) is 0 Å². The highest BCUT2D eigenvalue weighted by atomic mass is 32.1. The molecule has 0 amide bonds. The van der Waals surface area contributed by atoms with Crippen LogP contribution in [-0.4, -0.2) is 31.3 Å². The van der Waals surface area contributed by atoms with Gasteiger partial charge in [0.15, 0.2) is 0 Å². The predicted octanol–water partition coefficient (Wildman–Crippen LogP) is 2.24. The minimum Gasteiger partial charge on any atom is -0.389 e. The first kappa shape index (κ1) is 13.3. The molecule has 1 aliphatic rings. The van der Waals surface area contributed by atoms with Crippen molar-refractivity contribution < 1.29 is 4.74 Å². The number of rotatable bonds is 3. The van der Waals surface area contributed by atoms with Crippen molar-refractivity contribution in [2.75, 3.05) is 25.2 Å². The predicted molar refractivity (Wildman–Crippen MR) is 79.3 cm³/mol. The van der Waals surface area contributed by atoms with Crippen LogP contribution in [0.3, 0.4) is 0 Å². The van der Waals surface area contributed by atoms with Crippen molar-refractivity contribution in [2.45, 2.75) is 25.8 Å². The number of benzene rings is 1. The monoisotopic (exact) mass is 264 g/mol. The third-order valence-corrected chi connectivity index (χ3v) is 3.84. The lowest BCUT2D eigenvalue weighted by Crippen LogP contribution is -2.36. The summed E-state index contributed by atoms with van der Waals surface area (Å²) < 4.78 is 5.40. The van der Waals surface area contributed by atoms with Gasteiger partial charge in [-0.05, 0) is 43.5 Å². The summed E-state index contributed by atoms with van der Waals surface area (Å²) >= 11 is 5.03. The molecule has 2 rings (SSSR count). The van der Waals surface area contributed by atoms with Gasteiger partial charge in [0.2, 0.25) is 0 Å². The van der Waals surface area contributed by atoms with Crippen LogP contribution in [0.4, 0.5) is 5.69 Å².